The van der Waals surface area contributed by atoms with E-state index in [0.717, 1.165) is 43.7 Å². The minimum Gasteiger partial charge on any atom is -0.385 e. The van der Waals surface area contributed by atoms with Gasteiger partial charge in [-0.05, 0) is 50.2 Å². The number of hydrogen-bond donors (Lipinski definition) is 0. The van der Waals surface area contributed by atoms with Crippen LogP contribution in [-0.2, 0) is 16.1 Å². The summed E-state index contributed by atoms with van der Waals surface area (Å²) in [4.78, 5) is 30.8. The lowest BCUT2D eigenvalue weighted by Gasteiger charge is -2.36. The fourth-order valence-corrected chi connectivity index (χ4v) is 5.78. The van der Waals surface area contributed by atoms with Gasteiger partial charge in [-0.15, -0.1) is 0 Å². The zero-order chi connectivity index (χ0) is 24.1. The number of nitrogens with zero attached hydrogens (tertiary/aromatic N) is 4. The van der Waals surface area contributed by atoms with E-state index in [4.69, 9.17) is 17.0 Å². The van der Waals surface area contributed by atoms with Gasteiger partial charge in [-0.2, -0.15) is 5.26 Å². The first-order chi connectivity index (χ1) is 15.8. The van der Waals surface area contributed by atoms with Gasteiger partial charge < -0.3 is 9.64 Å². The van der Waals surface area contributed by atoms with Gasteiger partial charge >= 0.3 is 0 Å². The lowest BCUT2D eigenvalue weighted by Crippen LogP contribution is -2.40. The van der Waals surface area contributed by atoms with Gasteiger partial charge in [0.25, 0.3) is 11.5 Å². The molecule has 1 aromatic rings. The van der Waals surface area contributed by atoms with Gasteiger partial charge in [0.1, 0.15) is 21.8 Å². The molecule has 0 radical (unpaired) electrons. The fourth-order valence-electron chi connectivity index (χ4n) is 4.49. The van der Waals surface area contributed by atoms with Crippen molar-refractivity contribution in [3.63, 3.8) is 0 Å². The smallest absolute Gasteiger partial charge is 0.270 e. The number of ether oxygens (including phenoxy) is 1. The summed E-state index contributed by atoms with van der Waals surface area (Å²) in [5.41, 5.74) is 1.27. The Kier molecular flexibility index (Phi) is 8.74. The number of thiocarbonyl (C=S) groups is 1. The molecule has 0 spiro atoms. The van der Waals surface area contributed by atoms with Crippen molar-refractivity contribution in [2.75, 3.05) is 38.3 Å². The number of amides is 1. The average molecular weight is 489 g/mol. The van der Waals surface area contributed by atoms with Crippen LogP contribution in [-0.4, -0.2) is 53.0 Å². The second-order valence-electron chi connectivity index (χ2n) is 8.68. The van der Waals surface area contributed by atoms with E-state index in [1.54, 1.807) is 23.5 Å². The van der Waals surface area contributed by atoms with Crippen molar-refractivity contribution in [2.24, 2.45) is 5.92 Å². The molecule has 2 aliphatic rings. The van der Waals surface area contributed by atoms with Crippen LogP contribution < -0.4 is 10.5 Å². The molecule has 3 heterocycles. The molecular formula is C24H32N4O3S2. The van der Waals surface area contributed by atoms with Crippen molar-refractivity contribution >= 4 is 46.1 Å². The number of nitriles is 1. The molecule has 0 N–H and O–H groups in total. The summed E-state index contributed by atoms with van der Waals surface area (Å²) in [5, 5.41) is 9.77. The maximum atomic E-state index is 13.2. The molecular weight excluding hydrogens is 456 g/mol. The van der Waals surface area contributed by atoms with E-state index in [1.807, 2.05) is 13.0 Å². The lowest BCUT2D eigenvalue weighted by atomic mass is 9.98. The minimum absolute atomic E-state index is 0.134. The molecule has 2 fully saturated rings. The van der Waals surface area contributed by atoms with E-state index in [-0.39, 0.29) is 17.0 Å². The third-order valence-corrected chi connectivity index (χ3v) is 7.51. The first kappa shape index (κ1) is 25.5. The van der Waals surface area contributed by atoms with Crippen molar-refractivity contribution in [3.8, 4) is 6.07 Å². The quantitative estimate of drug-likeness (QED) is 0.312. The molecule has 1 unspecified atom stereocenters. The Morgan fingerprint density at radius 1 is 1.33 bits per heavy atom. The van der Waals surface area contributed by atoms with Crippen LogP contribution in [0.5, 0.6) is 0 Å². The largest absolute Gasteiger partial charge is 0.385 e. The van der Waals surface area contributed by atoms with Crippen molar-refractivity contribution in [1.29, 1.82) is 5.26 Å². The third kappa shape index (κ3) is 5.34. The number of pyridine rings is 1. The van der Waals surface area contributed by atoms with Crippen LogP contribution in [0.25, 0.3) is 6.08 Å². The normalized spacial score (nSPS) is 20.1. The predicted molar refractivity (Wildman–Crippen MR) is 137 cm³/mol. The molecule has 1 amide bonds. The van der Waals surface area contributed by atoms with Crippen LogP contribution in [0.3, 0.4) is 0 Å². The third-order valence-electron chi connectivity index (χ3n) is 6.13. The summed E-state index contributed by atoms with van der Waals surface area (Å²) >= 11 is 6.75. The summed E-state index contributed by atoms with van der Waals surface area (Å²) in [7, 11) is 1.63. The highest BCUT2D eigenvalue weighted by Gasteiger charge is 2.33. The van der Waals surface area contributed by atoms with Crippen molar-refractivity contribution < 1.29 is 9.53 Å². The number of carbonyl (C=O) groups excluding carboxylic acids is 1. The van der Waals surface area contributed by atoms with E-state index in [0.29, 0.717) is 46.8 Å². The van der Waals surface area contributed by atoms with Crippen molar-refractivity contribution in [1.82, 2.24) is 9.47 Å². The first-order valence-electron chi connectivity index (χ1n) is 11.5. The van der Waals surface area contributed by atoms with Gasteiger partial charge in [-0.1, -0.05) is 37.8 Å². The Balaban J connectivity index is 2.15. The number of aromatic nitrogens is 1. The predicted octanol–water partition coefficient (Wildman–Crippen LogP) is 3.91. The van der Waals surface area contributed by atoms with Gasteiger partial charge in [-0.25, -0.2) is 0 Å². The summed E-state index contributed by atoms with van der Waals surface area (Å²) < 4.78 is 7.36. The number of rotatable bonds is 8. The number of methoxy groups -OCH3 is 1. The lowest BCUT2D eigenvalue weighted by molar-refractivity contribution is -0.122. The molecule has 2 aliphatic heterocycles. The van der Waals surface area contributed by atoms with Crippen molar-refractivity contribution in [2.45, 2.75) is 53.0 Å². The molecule has 7 nitrogen and oxygen atoms in total. The molecule has 33 heavy (non-hydrogen) atoms. The van der Waals surface area contributed by atoms with Crippen LogP contribution in [0.1, 0.15) is 56.2 Å². The minimum atomic E-state index is -0.255. The SMILES string of the molecule is CCCn1c(N2CCCC(C)C2)c(C=C2SC(=S)N(CCCOC)C2=O)c(C)c(C#N)c1=O. The van der Waals surface area contributed by atoms with Gasteiger partial charge in [-0.3, -0.25) is 19.1 Å². The van der Waals surface area contributed by atoms with Crippen LogP contribution in [0, 0.1) is 24.2 Å². The van der Waals surface area contributed by atoms with Crippen LogP contribution in [0.4, 0.5) is 5.82 Å². The zero-order valence-corrected chi connectivity index (χ0v) is 21.5. The summed E-state index contributed by atoms with van der Waals surface area (Å²) in [5.74, 6) is 1.19. The average Bonchev–Trinajstić information content (AvgIpc) is 3.05. The van der Waals surface area contributed by atoms with Crippen LogP contribution >= 0.6 is 24.0 Å². The topological polar surface area (TPSA) is 78.6 Å². The van der Waals surface area contributed by atoms with Gasteiger partial charge in [0.05, 0.1) is 4.91 Å². The van der Waals surface area contributed by atoms with Gasteiger partial charge in [0.15, 0.2) is 0 Å². The van der Waals surface area contributed by atoms with Crippen molar-refractivity contribution in [3.05, 3.63) is 31.9 Å². The Hall–Kier alpha value is -2.15. The molecule has 0 aromatic carbocycles. The van der Waals surface area contributed by atoms with E-state index >= 15 is 0 Å². The number of anilines is 1. The maximum absolute atomic E-state index is 13.2. The Morgan fingerprint density at radius 2 is 2.09 bits per heavy atom. The Morgan fingerprint density at radius 3 is 2.73 bits per heavy atom. The highest BCUT2D eigenvalue weighted by atomic mass is 32.2. The van der Waals surface area contributed by atoms with Gasteiger partial charge in [0.2, 0.25) is 0 Å². The molecule has 1 aromatic heterocycles. The number of carbonyl (C=O) groups is 1. The number of piperidine rings is 1. The monoisotopic (exact) mass is 488 g/mol. The highest BCUT2D eigenvalue weighted by molar-refractivity contribution is 8.26. The van der Waals surface area contributed by atoms with E-state index in [2.05, 4.69) is 17.9 Å². The molecule has 3 rings (SSSR count). The first-order valence-corrected chi connectivity index (χ1v) is 12.7. The fraction of sp³-hybridized carbons (Fsp3) is 0.583. The Labute approximate surface area is 205 Å². The highest BCUT2D eigenvalue weighted by Crippen LogP contribution is 2.36. The molecule has 0 saturated carbocycles. The summed E-state index contributed by atoms with van der Waals surface area (Å²) in [6.07, 6.45) is 5.50. The summed E-state index contributed by atoms with van der Waals surface area (Å²) in [6.45, 7) is 9.31. The molecule has 2 saturated heterocycles. The zero-order valence-electron chi connectivity index (χ0n) is 19.8. The Bertz CT molecular complexity index is 1060. The number of thioether (sulfide) groups is 1. The van der Waals surface area contributed by atoms with Crippen LogP contribution in [0.2, 0.25) is 0 Å². The standard InChI is InChI=1S/C24H32N4O3S2/c1-5-9-27-21(26-10-6-8-16(2)15-26)18(17(3)19(14-25)22(27)29)13-20-23(30)28(24(32)33-20)11-7-12-31-4/h13,16H,5-12,15H2,1-4H3. The molecule has 1 atom stereocenters. The van der Waals surface area contributed by atoms with E-state index < -0.39 is 0 Å². The van der Waals surface area contributed by atoms with Gasteiger partial charge in [0, 0.05) is 45.5 Å². The molecule has 9 heteroatoms. The molecule has 178 valence electrons. The molecule has 0 aliphatic carbocycles. The summed E-state index contributed by atoms with van der Waals surface area (Å²) in [6, 6.07) is 2.11. The number of hydrogen-bond acceptors (Lipinski definition) is 7. The molecule has 0 bridgehead atoms. The second kappa shape index (κ2) is 11.3. The van der Waals surface area contributed by atoms with E-state index in [1.165, 1.54) is 11.8 Å². The second-order valence-corrected chi connectivity index (χ2v) is 10.4. The maximum Gasteiger partial charge on any atom is 0.270 e. The van der Waals surface area contributed by atoms with Crippen LogP contribution in [0.15, 0.2) is 9.70 Å². The van der Waals surface area contributed by atoms with E-state index in [9.17, 15) is 14.9 Å².